The predicted octanol–water partition coefficient (Wildman–Crippen LogP) is 2.78. The fourth-order valence-electron chi connectivity index (χ4n) is 2.81. The molecule has 1 fully saturated rings. The molecule has 1 saturated heterocycles. The lowest BCUT2D eigenvalue weighted by molar-refractivity contribution is 0.453. The second kappa shape index (κ2) is 4.46. The Kier molecular flexibility index (Phi) is 3.20. The van der Waals surface area contributed by atoms with Gasteiger partial charge in [-0.2, -0.15) is 0 Å². The summed E-state index contributed by atoms with van der Waals surface area (Å²) >= 11 is 0. The Morgan fingerprint density at radius 2 is 2.00 bits per heavy atom. The molecule has 16 heavy (non-hydrogen) atoms. The summed E-state index contributed by atoms with van der Waals surface area (Å²) in [4.78, 5) is 0. The second-order valence-electron chi connectivity index (χ2n) is 4.92. The van der Waals surface area contributed by atoms with Crippen molar-refractivity contribution in [3.8, 4) is 5.75 Å². The Hall–Kier alpha value is -1.02. The molecule has 0 radical (unpaired) electrons. The number of hydrogen-bond acceptors (Lipinski definition) is 2. The molecule has 1 aliphatic heterocycles. The zero-order valence-corrected chi connectivity index (χ0v) is 10.4. The molecule has 1 aromatic rings. The molecular weight excluding hydrogens is 198 g/mol. The monoisotopic (exact) mass is 219 g/mol. The molecule has 2 nitrogen and oxygen atoms in total. The minimum atomic E-state index is 0.433. The number of nitrogens with one attached hydrogen (secondary N) is 1. The van der Waals surface area contributed by atoms with Crippen LogP contribution in [-0.2, 0) is 0 Å². The molecule has 0 aliphatic carbocycles. The standard InChI is InChI=1S/C14H21NO/c1-9-7-13(16)10(2)11(3)14(9)12-5-4-6-15-8-12/h7,12,15-16H,4-6,8H2,1-3H3. The number of rotatable bonds is 1. The van der Waals surface area contributed by atoms with Crippen LogP contribution in [0.15, 0.2) is 6.07 Å². The van der Waals surface area contributed by atoms with Crippen molar-refractivity contribution < 1.29 is 5.11 Å². The molecule has 2 N–H and O–H groups in total. The molecule has 88 valence electrons. The van der Waals surface area contributed by atoms with Gasteiger partial charge in [0.25, 0.3) is 0 Å². The third kappa shape index (κ3) is 1.94. The highest BCUT2D eigenvalue weighted by Crippen LogP contribution is 2.34. The van der Waals surface area contributed by atoms with E-state index in [4.69, 9.17) is 0 Å². The third-order valence-electron chi connectivity index (χ3n) is 3.83. The van der Waals surface area contributed by atoms with Crippen LogP contribution in [0, 0.1) is 20.8 Å². The molecule has 1 heterocycles. The maximum atomic E-state index is 9.79. The number of benzene rings is 1. The molecule has 1 aromatic carbocycles. The highest BCUT2D eigenvalue weighted by Gasteiger charge is 2.20. The molecule has 2 rings (SSSR count). The van der Waals surface area contributed by atoms with Gasteiger partial charge < -0.3 is 10.4 Å². The first kappa shape index (κ1) is 11.5. The van der Waals surface area contributed by atoms with Crippen molar-refractivity contribution in [1.29, 1.82) is 0 Å². The molecule has 1 atom stereocenters. The Morgan fingerprint density at radius 1 is 1.25 bits per heavy atom. The van der Waals surface area contributed by atoms with E-state index in [-0.39, 0.29) is 0 Å². The molecule has 1 aliphatic rings. The van der Waals surface area contributed by atoms with Gasteiger partial charge in [-0.15, -0.1) is 0 Å². The number of phenolic OH excluding ortho intramolecular Hbond substituents is 1. The first-order chi connectivity index (χ1) is 7.61. The number of hydrogen-bond donors (Lipinski definition) is 2. The van der Waals surface area contributed by atoms with Crippen LogP contribution in [0.5, 0.6) is 5.75 Å². The molecule has 1 unspecified atom stereocenters. The largest absolute Gasteiger partial charge is 0.508 e. The van der Waals surface area contributed by atoms with E-state index in [1.54, 1.807) is 0 Å². The van der Waals surface area contributed by atoms with Gasteiger partial charge in [-0.3, -0.25) is 0 Å². The predicted molar refractivity (Wildman–Crippen MR) is 67.2 cm³/mol. The van der Waals surface area contributed by atoms with Gasteiger partial charge in [-0.1, -0.05) is 0 Å². The van der Waals surface area contributed by atoms with Crippen molar-refractivity contribution in [2.75, 3.05) is 13.1 Å². The second-order valence-corrected chi connectivity index (χ2v) is 4.92. The van der Waals surface area contributed by atoms with E-state index in [2.05, 4.69) is 19.2 Å². The average Bonchev–Trinajstić information content (AvgIpc) is 2.28. The molecule has 0 aromatic heterocycles. The fraction of sp³-hybridized carbons (Fsp3) is 0.571. The Balaban J connectivity index is 2.42. The van der Waals surface area contributed by atoms with Crippen molar-refractivity contribution in [2.24, 2.45) is 0 Å². The zero-order chi connectivity index (χ0) is 11.7. The zero-order valence-electron chi connectivity index (χ0n) is 10.4. The molecule has 0 amide bonds. The number of phenols is 1. The summed E-state index contributed by atoms with van der Waals surface area (Å²) in [5.74, 6) is 1.05. The average molecular weight is 219 g/mol. The summed E-state index contributed by atoms with van der Waals surface area (Å²) in [6.07, 6.45) is 2.52. The smallest absolute Gasteiger partial charge is 0.119 e. The Bertz CT molecular complexity index is 392. The van der Waals surface area contributed by atoms with Gasteiger partial charge in [0.2, 0.25) is 0 Å². The summed E-state index contributed by atoms with van der Waals surface area (Å²) in [5.41, 5.74) is 4.98. The van der Waals surface area contributed by atoms with Crippen LogP contribution < -0.4 is 5.32 Å². The minimum absolute atomic E-state index is 0.433. The molecular formula is C14H21NO. The molecule has 0 saturated carbocycles. The van der Waals surface area contributed by atoms with E-state index in [9.17, 15) is 5.11 Å². The first-order valence-electron chi connectivity index (χ1n) is 6.11. The lowest BCUT2D eigenvalue weighted by Crippen LogP contribution is -2.29. The van der Waals surface area contributed by atoms with Crippen LogP contribution in [0.4, 0.5) is 0 Å². The maximum Gasteiger partial charge on any atom is 0.119 e. The topological polar surface area (TPSA) is 32.3 Å². The van der Waals surface area contributed by atoms with Crippen molar-refractivity contribution >= 4 is 0 Å². The van der Waals surface area contributed by atoms with Crippen LogP contribution in [0.25, 0.3) is 0 Å². The van der Waals surface area contributed by atoms with Gasteiger partial charge in [0, 0.05) is 6.54 Å². The van der Waals surface area contributed by atoms with Gasteiger partial charge in [0.15, 0.2) is 0 Å². The SMILES string of the molecule is Cc1cc(O)c(C)c(C)c1C1CCCNC1. The minimum Gasteiger partial charge on any atom is -0.508 e. The van der Waals surface area contributed by atoms with E-state index < -0.39 is 0 Å². The van der Waals surface area contributed by atoms with Crippen molar-refractivity contribution in [2.45, 2.75) is 39.5 Å². The van der Waals surface area contributed by atoms with Crippen LogP contribution in [-0.4, -0.2) is 18.2 Å². The van der Waals surface area contributed by atoms with Gasteiger partial charge in [-0.25, -0.2) is 0 Å². The maximum absolute atomic E-state index is 9.79. The van der Waals surface area contributed by atoms with E-state index in [1.807, 2.05) is 13.0 Å². The first-order valence-corrected chi connectivity index (χ1v) is 6.11. The van der Waals surface area contributed by atoms with E-state index >= 15 is 0 Å². The van der Waals surface area contributed by atoms with E-state index in [0.29, 0.717) is 11.7 Å². The lowest BCUT2D eigenvalue weighted by Gasteiger charge is -2.27. The Labute approximate surface area is 97.7 Å². The fourth-order valence-corrected chi connectivity index (χ4v) is 2.81. The highest BCUT2D eigenvalue weighted by atomic mass is 16.3. The van der Waals surface area contributed by atoms with Gasteiger partial charge >= 0.3 is 0 Å². The van der Waals surface area contributed by atoms with Crippen LogP contribution in [0.3, 0.4) is 0 Å². The van der Waals surface area contributed by atoms with Gasteiger partial charge in [0.1, 0.15) is 5.75 Å². The van der Waals surface area contributed by atoms with Crippen molar-refractivity contribution in [3.05, 3.63) is 28.3 Å². The third-order valence-corrected chi connectivity index (χ3v) is 3.83. The quantitative estimate of drug-likeness (QED) is 0.761. The molecule has 0 bridgehead atoms. The Morgan fingerprint density at radius 3 is 2.62 bits per heavy atom. The summed E-state index contributed by atoms with van der Waals surface area (Å²) in [7, 11) is 0. The number of aromatic hydroxyl groups is 1. The van der Waals surface area contributed by atoms with Crippen LogP contribution in [0.2, 0.25) is 0 Å². The lowest BCUT2D eigenvalue weighted by atomic mass is 9.84. The number of aryl methyl sites for hydroxylation is 1. The van der Waals surface area contributed by atoms with E-state index in [1.165, 1.54) is 29.5 Å². The highest BCUT2D eigenvalue weighted by molar-refractivity contribution is 5.49. The summed E-state index contributed by atoms with van der Waals surface area (Å²) < 4.78 is 0. The van der Waals surface area contributed by atoms with Crippen LogP contribution >= 0.6 is 0 Å². The molecule has 2 heteroatoms. The molecule has 0 spiro atoms. The van der Waals surface area contributed by atoms with E-state index in [0.717, 1.165) is 18.7 Å². The summed E-state index contributed by atoms with van der Waals surface area (Å²) in [6.45, 7) is 8.46. The van der Waals surface area contributed by atoms with Crippen molar-refractivity contribution in [3.63, 3.8) is 0 Å². The van der Waals surface area contributed by atoms with Crippen molar-refractivity contribution in [1.82, 2.24) is 5.32 Å². The number of piperidine rings is 1. The summed E-state index contributed by atoms with van der Waals surface area (Å²) in [6, 6.07) is 1.91. The summed E-state index contributed by atoms with van der Waals surface area (Å²) in [5, 5.41) is 13.2. The van der Waals surface area contributed by atoms with Gasteiger partial charge in [0.05, 0.1) is 0 Å². The van der Waals surface area contributed by atoms with Gasteiger partial charge in [-0.05, 0) is 74.4 Å². The normalized spacial score (nSPS) is 21.1. The van der Waals surface area contributed by atoms with Crippen LogP contribution in [0.1, 0.15) is 41.0 Å².